The zero-order chi connectivity index (χ0) is 17.5. The molecule has 0 radical (unpaired) electrons. The van der Waals surface area contributed by atoms with Gasteiger partial charge < -0.3 is 15.2 Å². The van der Waals surface area contributed by atoms with Crippen LogP contribution in [0.5, 0.6) is 5.75 Å². The molecule has 25 heavy (non-hydrogen) atoms. The lowest BCUT2D eigenvalue weighted by molar-refractivity contribution is -0.120. The number of phenolic OH excluding ortho intramolecular Hbond substituents is 1. The van der Waals surface area contributed by atoms with Gasteiger partial charge in [0.2, 0.25) is 5.91 Å². The van der Waals surface area contributed by atoms with Gasteiger partial charge in [0.25, 0.3) is 0 Å². The van der Waals surface area contributed by atoms with Crippen molar-refractivity contribution in [3.8, 4) is 5.75 Å². The third kappa shape index (κ3) is 5.07. The van der Waals surface area contributed by atoms with Gasteiger partial charge in [-0.15, -0.1) is 0 Å². The van der Waals surface area contributed by atoms with Crippen LogP contribution >= 0.6 is 0 Å². The number of hydrogen-bond donors (Lipinski definition) is 2. The zero-order valence-electron chi connectivity index (χ0n) is 14.4. The van der Waals surface area contributed by atoms with Crippen molar-refractivity contribution in [3.05, 3.63) is 65.2 Å². The quantitative estimate of drug-likeness (QED) is 0.759. The number of amides is 1. The van der Waals surface area contributed by atoms with Gasteiger partial charge >= 0.3 is 0 Å². The highest BCUT2D eigenvalue weighted by Crippen LogP contribution is 2.32. The number of carbonyl (C=O) groups is 1. The Hall–Kier alpha value is -2.33. The van der Waals surface area contributed by atoms with E-state index in [9.17, 15) is 9.90 Å². The third-order valence-electron chi connectivity index (χ3n) is 4.58. The lowest BCUT2D eigenvalue weighted by atomic mass is 9.89. The Morgan fingerprint density at radius 3 is 2.80 bits per heavy atom. The largest absolute Gasteiger partial charge is 0.508 e. The molecule has 0 aliphatic heterocycles. The average Bonchev–Trinajstić information content (AvgIpc) is 2.63. The molecule has 3 rings (SSSR count). The molecule has 0 fully saturated rings. The van der Waals surface area contributed by atoms with Crippen LogP contribution in [-0.4, -0.2) is 24.2 Å². The fraction of sp³-hybridized carbons (Fsp3) is 0.381. The summed E-state index contributed by atoms with van der Waals surface area (Å²) in [6.45, 7) is 1.27. The first kappa shape index (κ1) is 17.5. The average molecular weight is 339 g/mol. The summed E-state index contributed by atoms with van der Waals surface area (Å²) in [6, 6.07) is 15.2. The summed E-state index contributed by atoms with van der Waals surface area (Å²) in [4.78, 5) is 11.9. The molecule has 2 aromatic carbocycles. The molecule has 4 heteroatoms. The molecule has 0 aromatic heterocycles. The van der Waals surface area contributed by atoms with E-state index in [1.54, 1.807) is 24.3 Å². The highest BCUT2D eigenvalue weighted by atomic mass is 16.5. The summed E-state index contributed by atoms with van der Waals surface area (Å²) in [5.74, 6) is 0.208. The minimum absolute atomic E-state index is 0.00583. The molecular formula is C21H25NO3. The van der Waals surface area contributed by atoms with Crippen molar-refractivity contribution < 1.29 is 14.6 Å². The number of hydrogen-bond acceptors (Lipinski definition) is 3. The molecule has 2 N–H and O–H groups in total. The molecule has 0 saturated heterocycles. The molecular weight excluding hydrogens is 314 g/mol. The maximum atomic E-state index is 11.9. The lowest BCUT2D eigenvalue weighted by Gasteiger charge is -2.25. The molecule has 4 nitrogen and oxygen atoms in total. The second kappa shape index (κ2) is 8.67. The predicted molar refractivity (Wildman–Crippen MR) is 97.5 cm³/mol. The van der Waals surface area contributed by atoms with Crippen LogP contribution in [0.25, 0.3) is 0 Å². The van der Waals surface area contributed by atoms with Gasteiger partial charge in [-0.25, -0.2) is 0 Å². The number of carbonyl (C=O) groups excluding carboxylic acids is 1. The zero-order valence-corrected chi connectivity index (χ0v) is 14.4. The van der Waals surface area contributed by atoms with E-state index in [1.807, 2.05) is 0 Å². The number of nitrogens with one attached hydrogen (secondary N) is 1. The van der Waals surface area contributed by atoms with Crippen LogP contribution in [0.4, 0.5) is 0 Å². The van der Waals surface area contributed by atoms with Crippen LogP contribution in [0, 0.1) is 0 Å². The van der Waals surface area contributed by atoms with Crippen molar-refractivity contribution in [3.63, 3.8) is 0 Å². The minimum Gasteiger partial charge on any atom is -0.508 e. The molecule has 0 spiro atoms. The van der Waals surface area contributed by atoms with Crippen molar-refractivity contribution in [2.24, 2.45) is 0 Å². The van der Waals surface area contributed by atoms with Crippen LogP contribution in [-0.2, 0) is 22.4 Å². The maximum absolute atomic E-state index is 11.9. The molecule has 0 saturated carbocycles. The standard InChI is InChI=1S/C21H25NO3/c23-18-11-9-16(10-12-18)15-21(24)22-13-4-14-25-20-8-3-6-17-5-1-2-7-19(17)20/h1-2,5,7,9-12,20,23H,3-4,6,8,13-15H2,(H,22,24)/t20-/m0/s1. The van der Waals surface area contributed by atoms with Crippen LogP contribution < -0.4 is 5.32 Å². The van der Waals surface area contributed by atoms with Gasteiger partial charge in [0.05, 0.1) is 12.5 Å². The van der Waals surface area contributed by atoms with Crippen molar-refractivity contribution in [2.75, 3.05) is 13.2 Å². The van der Waals surface area contributed by atoms with E-state index in [2.05, 4.69) is 29.6 Å². The number of fused-ring (bicyclic) bond motifs is 1. The first-order valence-electron chi connectivity index (χ1n) is 8.96. The molecule has 2 aromatic rings. The molecule has 1 aliphatic rings. The number of rotatable bonds is 7. The van der Waals surface area contributed by atoms with Crippen molar-refractivity contribution >= 4 is 5.91 Å². The Bertz CT molecular complexity index is 697. The summed E-state index contributed by atoms with van der Waals surface area (Å²) in [5.41, 5.74) is 3.62. The molecule has 1 atom stereocenters. The van der Waals surface area contributed by atoms with Gasteiger partial charge in [-0.05, 0) is 54.5 Å². The number of phenols is 1. The predicted octanol–water partition coefficient (Wildman–Crippen LogP) is 3.54. The first-order valence-corrected chi connectivity index (χ1v) is 8.96. The van der Waals surface area contributed by atoms with Crippen LogP contribution in [0.1, 0.15) is 42.1 Å². The van der Waals surface area contributed by atoms with Crippen LogP contribution in [0.2, 0.25) is 0 Å². The van der Waals surface area contributed by atoms with E-state index in [4.69, 9.17) is 4.74 Å². The Labute approximate surface area is 148 Å². The number of benzene rings is 2. The monoisotopic (exact) mass is 339 g/mol. The Morgan fingerprint density at radius 2 is 1.96 bits per heavy atom. The topological polar surface area (TPSA) is 58.6 Å². The number of aromatic hydroxyl groups is 1. The molecule has 0 heterocycles. The molecule has 0 unspecified atom stereocenters. The van der Waals surface area contributed by atoms with Crippen molar-refractivity contribution in [1.29, 1.82) is 0 Å². The fourth-order valence-electron chi connectivity index (χ4n) is 3.27. The SMILES string of the molecule is O=C(Cc1ccc(O)cc1)NCCCO[C@H]1CCCc2ccccc21. The van der Waals surface area contributed by atoms with Crippen molar-refractivity contribution in [2.45, 2.75) is 38.2 Å². The molecule has 1 amide bonds. The normalized spacial score (nSPS) is 16.2. The summed E-state index contributed by atoms with van der Waals surface area (Å²) in [7, 11) is 0. The Morgan fingerprint density at radius 1 is 1.16 bits per heavy atom. The van der Waals surface area contributed by atoms with E-state index >= 15 is 0 Å². The van der Waals surface area contributed by atoms with Gasteiger partial charge in [-0.3, -0.25) is 4.79 Å². The summed E-state index contributed by atoms with van der Waals surface area (Å²) >= 11 is 0. The Balaban J connectivity index is 1.35. The van der Waals surface area contributed by atoms with E-state index in [1.165, 1.54) is 17.5 Å². The highest BCUT2D eigenvalue weighted by molar-refractivity contribution is 5.78. The van der Waals surface area contributed by atoms with Crippen molar-refractivity contribution in [1.82, 2.24) is 5.32 Å². The van der Waals surface area contributed by atoms with Crippen LogP contribution in [0.15, 0.2) is 48.5 Å². The van der Waals surface area contributed by atoms with Gasteiger partial charge in [-0.2, -0.15) is 0 Å². The van der Waals surface area contributed by atoms with Gasteiger partial charge in [0.1, 0.15) is 5.75 Å². The van der Waals surface area contributed by atoms with E-state index < -0.39 is 0 Å². The third-order valence-corrected chi connectivity index (χ3v) is 4.58. The molecule has 1 aliphatic carbocycles. The van der Waals surface area contributed by atoms with E-state index in [-0.39, 0.29) is 17.8 Å². The summed E-state index contributed by atoms with van der Waals surface area (Å²) in [5, 5.41) is 12.2. The maximum Gasteiger partial charge on any atom is 0.224 e. The first-order chi connectivity index (χ1) is 12.2. The van der Waals surface area contributed by atoms with Gasteiger partial charge in [0.15, 0.2) is 0 Å². The number of aryl methyl sites for hydroxylation is 1. The highest BCUT2D eigenvalue weighted by Gasteiger charge is 2.19. The summed E-state index contributed by atoms with van der Waals surface area (Å²) in [6.07, 6.45) is 4.72. The smallest absolute Gasteiger partial charge is 0.224 e. The second-order valence-electron chi connectivity index (χ2n) is 6.50. The summed E-state index contributed by atoms with van der Waals surface area (Å²) < 4.78 is 6.04. The molecule has 0 bridgehead atoms. The lowest BCUT2D eigenvalue weighted by Crippen LogP contribution is -2.27. The second-order valence-corrected chi connectivity index (χ2v) is 6.50. The minimum atomic E-state index is -0.00583. The Kier molecular flexibility index (Phi) is 6.07. The van der Waals surface area contributed by atoms with Gasteiger partial charge in [-0.1, -0.05) is 36.4 Å². The fourth-order valence-corrected chi connectivity index (χ4v) is 3.27. The van der Waals surface area contributed by atoms with E-state index in [0.29, 0.717) is 19.6 Å². The van der Waals surface area contributed by atoms with Crippen LogP contribution in [0.3, 0.4) is 0 Å². The number of ether oxygens (including phenoxy) is 1. The molecule has 132 valence electrons. The van der Waals surface area contributed by atoms with Gasteiger partial charge in [0, 0.05) is 13.2 Å². The van der Waals surface area contributed by atoms with E-state index in [0.717, 1.165) is 24.8 Å².